The van der Waals surface area contributed by atoms with Gasteiger partial charge in [0, 0.05) is 40.7 Å². The lowest BCUT2D eigenvalue weighted by Crippen LogP contribution is -2.49. The van der Waals surface area contributed by atoms with Crippen LogP contribution in [0.2, 0.25) is 0 Å². The Morgan fingerprint density at radius 1 is 0.909 bits per heavy atom. The van der Waals surface area contributed by atoms with Crippen LogP contribution in [0.4, 0.5) is 11.4 Å². The van der Waals surface area contributed by atoms with Crippen molar-refractivity contribution in [3.05, 3.63) is 59.7 Å². The summed E-state index contributed by atoms with van der Waals surface area (Å²) in [6, 6.07) is 18.4. The summed E-state index contributed by atoms with van der Waals surface area (Å²) in [7, 11) is 0. The molecule has 0 saturated heterocycles. The highest BCUT2D eigenvalue weighted by molar-refractivity contribution is 5.68. The fourth-order valence-corrected chi connectivity index (χ4v) is 5.59. The van der Waals surface area contributed by atoms with Crippen LogP contribution in [-0.4, -0.2) is 12.6 Å². The second-order valence-corrected chi connectivity index (χ2v) is 7.57. The van der Waals surface area contributed by atoms with Gasteiger partial charge in [-0.05, 0) is 29.7 Å². The average Bonchev–Trinajstić information content (AvgIpc) is 2.73. The lowest BCUT2D eigenvalue weighted by Gasteiger charge is -2.48. The summed E-state index contributed by atoms with van der Waals surface area (Å²) in [5, 5.41) is 7.50. The van der Waals surface area contributed by atoms with Crippen LogP contribution in [-0.2, 0) is 10.8 Å². The molecule has 1 fully saturated rings. The van der Waals surface area contributed by atoms with E-state index in [-0.39, 0.29) is 10.8 Å². The van der Waals surface area contributed by atoms with E-state index in [9.17, 15) is 0 Å². The van der Waals surface area contributed by atoms with Gasteiger partial charge in [0.25, 0.3) is 0 Å². The monoisotopic (exact) mass is 290 g/mol. The number of fused-ring (bicyclic) bond motifs is 9. The maximum Gasteiger partial charge on any atom is 0.0380 e. The molecule has 2 heterocycles. The fourth-order valence-electron chi connectivity index (χ4n) is 5.59. The standard InChI is InChI=1S/C20H22N2/c1-19-11-18(22-17-10-6-3-7-13(17)19)15-12-21-16-9-5-4-8-14(16)20(15,19)2/h3-10,15,18,21-22H,11-12H2,1-2H3/t15-,18-,19-,20+/m0/s1. The Balaban J connectivity index is 1.82. The van der Waals surface area contributed by atoms with E-state index in [0.29, 0.717) is 12.0 Å². The molecule has 2 aromatic carbocycles. The van der Waals surface area contributed by atoms with Gasteiger partial charge in [-0.2, -0.15) is 0 Å². The third-order valence-electron chi connectivity index (χ3n) is 6.86. The van der Waals surface area contributed by atoms with Crippen molar-refractivity contribution in [2.75, 3.05) is 17.2 Å². The van der Waals surface area contributed by atoms with Gasteiger partial charge in [-0.1, -0.05) is 50.2 Å². The predicted molar refractivity (Wildman–Crippen MR) is 91.6 cm³/mol. The second kappa shape index (κ2) is 3.87. The average molecular weight is 290 g/mol. The van der Waals surface area contributed by atoms with Gasteiger partial charge in [-0.25, -0.2) is 0 Å². The van der Waals surface area contributed by atoms with Gasteiger partial charge in [0.05, 0.1) is 0 Å². The fraction of sp³-hybridized carbons (Fsp3) is 0.400. The topological polar surface area (TPSA) is 24.1 Å². The smallest absolute Gasteiger partial charge is 0.0380 e. The van der Waals surface area contributed by atoms with Gasteiger partial charge in [0.1, 0.15) is 0 Å². The van der Waals surface area contributed by atoms with Crippen molar-refractivity contribution in [1.82, 2.24) is 0 Å². The zero-order chi connectivity index (χ0) is 14.9. The molecule has 0 aromatic heterocycles. The Bertz CT molecular complexity index is 768. The second-order valence-electron chi connectivity index (χ2n) is 7.57. The zero-order valence-electron chi connectivity index (χ0n) is 13.2. The molecule has 2 heteroatoms. The Kier molecular flexibility index (Phi) is 2.21. The summed E-state index contributed by atoms with van der Waals surface area (Å²) in [5.41, 5.74) is 6.03. The molecule has 0 amide bonds. The van der Waals surface area contributed by atoms with E-state index in [1.807, 2.05) is 0 Å². The van der Waals surface area contributed by atoms with E-state index in [0.717, 1.165) is 6.54 Å². The summed E-state index contributed by atoms with van der Waals surface area (Å²) in [6.45, 7) is 6.05. The minimum Gasteiger partial charge on any atom is -0.384 e. The van der Waals surface area contributed by atoms with E-state index < -0.39 is 0 Å². The van der Waals surface area contributed by atoms with Crippen LogP contribution in [0, 0.1) is 5.92 Å². The van der Waals surface area contributed by atoms with Crippen molar-refractivity contribution < 1.29 is 0 Å². The number of nitrogens with one attached hydrogen (secondary N) is 2. The minimum atomic E-state index is 0.180. The first-order valence-corrected chi connectivity index (χ1v) is 8.34. The number of para-hydroxylation sites is 2. The summed E-state index contributed by atoms with van der Waals surface area (Å²) in [4.78, 5) is 0. The van der Waals surface area contributed by atoms with Gasteiger partial charge >= 0.3 is 0 Å². The summed E-state index contributed by atoms with van der Waals surface area (Å²) < 4.78 is 0. The first-order valence-electron chi connectivity index (χ1n) is 8.34. The Hall–Kier alpha value is -1.96. The van der Waals surface area contributed by atoms with Gasteiger partial charge in [-0.3, -0.25) is 0 Å². The van der Waals surface area contributed by atoms with Crippen LogP contribution in [0.25, 0.3) is 0 Å². The lowest BCUT2D eigenvalue weighted by molar-refractivity contribution is 0.242. The molecule has 0 radical (unpaired) electrons. The lowest BCUT2D eigenvalue weighted by atomic mass is 9.57. The first kappa shape index (κ1) is 12.6. The summed E-state index contributed by atoms with van der Waals surface area (Å²) >= 11 is 0. The molecule has 1 aliphatic carbocycles. The van der Waals surface area contributed by atoms with E-state index in [1.54, 1.807) is 0 Å². The van der Waals surface area contributed by atoms with Crippen LogP contribution in [0.3, 0.4) is 0 Å². The van der Waals surface area contributed by atoms with Gasteiger partial charge < -0.3 is 10.6 Å². The van der Waals surface area contributed by atoms with Gasteiger partial charge in [0.15, 0.2) is 0 Å². The van der Waals surface area contributed by atoms with Crippen LogP contribution in [0.15, 0.2) is 48.5 Å². The molecular formula is C20H22N2. The highest BCUT2D eigenvalue weighted by Gasteiger charge is 2.64. The van der Waals surface area contributed by atoms with Crippen molar-refractivity contribution in [3.63, 3.8) is 0 Å². The molecule has 2 bridgehead atoms. The quantitative estimate of drug-likeness (QED) is 0.762. The maximum absolute atomic E-state index is 3.83. The molecule has 2 aromatic rings. The molecule has 4 atom stereocenters. The predicted octanol–water partition coefficient (Wildman–Crippen LogP) is 4.14. The minimum absolute atomic E-state index is 0.180. The molecular weight excluding hydrogens is 268 g/mol. The van der Waals surface area contributed by atoms with Crippen molar-refractivity contribution >= 4 is 11.4 Å². The zero-order valence-corrected chi connectivity index (χ0v) is 13.2. The van der Waals surface area contributed by atoms with Crippen LogP contribution < -0.4 is 10.6 Å². The number of hydrogen-bond acceptors (Lipinski definition) is 2. The molecule has 2 nitrogen and oxygen atoms in total. The SMILES string of the molecule is C[C@]12C[C@H](Nc3ccccc31)[C@@H]1CNc3ccccc3[C@]12C. The molecule has 2 aliphatic heterocycles. The van der Waals surface area contributed by atoms with Crippen molar-refractivity contribution in [2.24, 2.45) is 5.92 Å². The van der Waals surface area contributed by atoms with Crippen molar-refractivity contribution in [2.45, 2.75) is 37.1 Å². The van der Waals surface area contributed by atoms with Crippen molar-refractivity contribution in [3.8, 4) is 0 Å². The third kappa shape index (κ3) is 1.24. The molecule has 1 saturated carbocycles. The number of hydrogen-bond donors (Lipinski definition) is 2. The van der Waals surface area contributed by atoms with Crippen molar-refractivity contribution in [1.29, 1.82) is 0 Å². The largest absolute Gasteiger partial charge is 0.384 e. The summed E-state index contributed by atoms with van der Waals surface area (Å²) in [5.74, 6) is 0.625. The molecule has 5 rings (SSSR count). The Morgan fingerprint density at radius 3 is 2.41 bits per heavy atom. The molecule has 0 unspecified atom stereocenters. The third-order valence-corrected chi connectivity index (χ3v) is 6.86. The highest BCUT2D eigenvalue weighted by Crippen LogP contribution is 2.64. The summed E-state index contributed by atoms with van der Waals surface area (Å²) in [6.07, 6.45) is 1.22. The maximum atomic E-state index is 3.83. The van der Waals surface area contributed by atoms with E-state index in [1.165, 1.54) is 28.9 Å². The normalized spacial score (nSPS) is 37.4. The number of rotatable bonds is 0. The molecule has 2 N–H and O–H groups in total. The van der Waals surface area contributed by atoms with Crippen LogP contribution >= 0.6 is 0 Å². The van der Waals surface area contributed by atoms with Gasteiger partial charge in [0.2, 0.25) is 0 Å². The molecule has 3 aliphatic rings. The number of benzene rings is 2. The highest BCUT2D eigenvalue weighted by atomic mass is 15.0. The van der Waals surface area contributed by atoms with E-state index in [4.69, 9.17) is 0 Å². The van der Waals surface area contributed by atoms with E-state index >= 15 is 0 Å². The molecule has 112 valence electrons. The first-order chi connectivity index (χ1) is 10.6. The molecule has 0 spiro atoms. The Labute approximate surface area is 131 Å². The molecule has 22 heavy (non-hydrogen) atoms. The Morgan fingerprint density at radius 2 is 1.59 bits per heavy atom. The van der Waals surface area contributed by atoms with E-state index in [2.05, 4.69) is 73.0 Å². The van der Waals surface area contributed by atoms with Crippen LogP contribution in [0.1, 0.15) is 31.4 Å². The van der Waals surface area contributed by atoms with Crippen LogP contribution in [0.5, 0.6) is 0 Å². The van der Waals surface area contributed by atoms with Gasteiger partial charge in [-0.15, -0.1) is 0 Å². The number of anilines is 2.